The van der Waals surface area contributed by atoms with Gasteiger partial charge in [-0.05, 0) is 44.9 Å². The number of quaternary nitrogens is 1. The summed E-state index contributed by atoms with van der Waals surface area (Å²) in [7, 11) is 1.39. The fourth-order valence-corrected chi connectivity index (χ4v) is 6.24. The van der Waals surface area contributed by atoms with Crippen LogP contribution in [0.2, 0.25) is 0 Å². The van der Waals surface area contributed by atoms with Crippen molar-refractivity contribution >= 4 is 19.8 Å². The molecule has 0 fully saturated rings. The number of esters is 2. The minimum Gasteiger partial charge on any atom is -0.462 e. The molecule has 55 heavy (non-hydrogen) atoms. The lowest BCUT2D eigenvalue weighted by atomic mass is 10.0. The zero-order chi connectivity index (χ0) is 40.9. The van der Waals surface area contributed by atoms with Crippen molar-refractivity contribution in [3.63, 3.8) is 0 Å². The maximum atomic E-state index is 12.7. The number of unbranched alkanes of at least 4 members (excludes halogenated alkanes) is 16. The highest BCUT2D eigenvalue weighted by Gasteiger charge is 2.27. The number of allylic oxidation sites excluding steroid dienone is 6. The molecule has 320 valence electrons. The molecule has 0 radical (unpaired) electrons. The quantitative estimate of drug-likeness (QED) is 0.0157. The minimum absolute atomic E-state index is 0.00564. The van der Waals surface area contributed by atoms with Crippen molar-refractivity contribution in [1.82, 2.24) is 0 Å². The Hall–Kier alpha value is -2.07. The topological polar surface area (TPSA) is 129 Å². The largest absolute Gasteiger partial charge is 0.472 e. The predicted octanol–water partition coefficient (Wildman–Crippen LogP) is 10.9. The second kappa shape index (κ2) is 36.3. The molecule has 0 spiro atoms. The standard InChI is InChI=1S/C44H80NO9P/c1-6-8-10-12-14-16-17-18-19-21-23-27-31-35-43(47)51-39-42(40-53-55(49,50)52-38-37-45(3,4)5)54-44(48)36-32-28-24-26-30-34-41(46)33-29-25-22-20-15-13-11-9-7-2/h15,20,24-26,29-30,34,41-42,46H,6-14,16-19,21-23,27-28,31-33,35-40H2,1-5H3/p+1/b20-15-,26-24+,29-25-,34-30-/t41?,42-/m1/s1. The summed E-state index contributed by atoms with van der Waals surface area (Å²) in [5.41, 5.74) is 0. The number of phosphoric acid groups is 1. The average molecular weight is 799 g/mol. The molecule has 0 aromatic heterocycles. The summed E-state index contributed by atoms with van der Waals surface area (Å²) < 4.78 is 34.1. The predicted molar refractivity (Wildman–Crippen MR) is 226 cm³/mol. The van der Waals surface area contributed by atoms with Gasteiger partial charge in [0.1, 0.15) is 19.8 Å². The Kier molecular flexibility index (Phi) is 34.9. The molecule has 2 unspecified atom stereocenters. The molecule has 2 N–H and O–H groups in total. The molecule has 0 aromatic rings. The summed E-state index contributed by atoms with van der Waals surface area (Å²) >= 11 is 0. The Morgan fingerprint density at radius 3 is 1.85 bits per heavy atom. The van der Waals surface area contributed by atoms with Crippen LogP contribution < -0.4 is 0 Å². The molecule has 0 bridgehead atoms. The Labute approximate surface area is 336 Å². The number of aliphatic hydroxyl groups is 1. The first kappa shape index (κ1) is 52.9. The molecule has 0 aliphatic carbocycles. The van der Waals surface area contributed by atoms with Gasteiger partial charge in [-0.15, -0.1) is 0 Å². The monoisotopic (exact) mass is 799 g/mol. The van der Waals surface area contributed by atoms with E-state index in [2.05, 4.69) is 32.1 Å². The fourth-order valence-electron chi connectivity index (χ4n) is 5.50. The molecule has 0 saturated heterocycles. The molecule has 0 amide bonds. The summed E-state index contributed by atoms with van der Waals surface area (Å²) in [4.78, 5) is 35.3. The van der Waals surface area contributed by atoms with E-state index in [9.17, 15) is 24.2 Å². The highest BCUT2D eigenvalue weighted by molar-refractivity contribution is 7.47. The van der Waals surface area contributed by atoms with Crippen LogP contribution in [0.1, 0.15) is 162 Å². The van der Waals surface area contributed by atoms with Gasteiger partial charge in [0.15, 0.2) is 6.10 Å². The van der Waals surface area contributed by atoms with Crippen LogP contribution in [0.15, 0.2) is 48.6 Å². The fraction of sp³-hybridized carbons (Fsp3) is 0.773. The van der Waals surface area contributed by atoms with Gasteiger partial charge in [-0.1, -0.05) is 152 Å². The zero-order valence-electron chi connectivity index (χ0n) is 35.5. The van der Waals surface area contributed by atoms with Gasteiger partial charge in [0.25, 0.3) is 0 Å². The smallest absolute Gasteiger partial charge is 0.462 e. The molecular formula is C44H81NO9P+. The molecule has 3 atom stereocenters. The van der Waals surface area contributed by atoms with Gasteiger partial charge in [-0.25, -0.2) is 4.57 Å². The van der Waals surface area contributed by atoms with Gasteiger partial charge in [0, 0.05) is 12.8 Å². The third-order valence-corrected chi connectivity index (χ3v) is 9.93. The summed E-state index contributed by atoms with van der Waals surface area (Å²) in [5, 5.41) is 10.1. The van der Waals surface area contributed by atoms with Crippen molar-refractivity contribution in [2.75, 3.05) is 47.5 Å². The first-order chi connectivity index (χ1) is 26.4. The van der Waals surface area contributed by atoms with Crippen molar-refractivity contribution < 1.29 is 47.2 Å². The molecule has 0 rings (SSSR count). The van der Waals surface area contributed by atoms with Gasteiger partial charge in [0.05, 0.1) is 33.9 Å². The van der Waals surface area contributed by atoms with E-state index in [4.69, 9.17) is 18.5 Å². The Morgan fingerprint density at radius 2 is 1.22 bits per heavy atom. The summed E-state index contributed by atoms with van der Waals surface area (Å²) in [5.74, 6) is -0.929. The number of hydrogen-bond acceptors (Lipinski definition) is 8. The molecule has 0 saturated carbocycles. The maximum Gasteiger partial charge on any atom is 0.472 e. The summed E-state index contributed by atoms with van der Waals surface area (Å²) in [6, 6.07) is 0. The van der Waals surface area contributed by atoms with E-state index in [0.717, 1.165) is 32.1 Å². The number of phosphoric ester groups is 1. The SMILES string of the molecule is CCCCC/C=C\C/C=C\CC(O)/C=C\C=C\CCCC(=O)O[C@H](COC(=O)CCCCCCCCCCCCCCC)COP(=O)(O)OCC[N+](C)(C)C. The second-order valence-corrected chi connectivity index (χ2v) is 17.0. The van der Waals surface area contributed by atoms with E-state index >= 15 is 0 Å². The number of carbonyl (C=O) groups is 2. The number of carbonyl (C=O) groups excluding carboxylic acids is 2. The maximum absolute atomic E-state index is 12.7. The number of rotatable bonds is 38. The number of aliphatic hydroxyl groups excluding tert-OH is 1. The molecule has 0 aliphatic rings. The Morgan fingerprint density at radius 1 is 0.655 bits per heavy atom. The van der Waals surface area contributed by atoms with Gasteiger partial charge in [0.2, 0.25) is 0 Å². The highest BCUT2D eigenvalue weighted by atomic mass is 31.2. The number of ether oxygens (including phenoxy) is 2. The molecular weight excluding hydrogens is 717 g/mol. The Bertz CT molecular complexity index is 1100. The van der Waals surface area contributed by atoms with Gasteiger partial charge < -0.3 is 24.0 Å². The average Bonchev–Trinajstić information content (AvgIpc) is 3.12. The third kappa shape index (κ3) is 39.9. The molecule has 10 nitrogen and oxygen atoms in total. The van der Waals surface area contributed by atoms with E-state index in [1.165, 1.54) is 83.5 Å². The van der Waals surface area contributed by atoms with E-state index in [-0.39, 0.29) is 26.1 Å². The van der Waals surface area contributed by atoms with Gasteiger partial charge in [-0.2, -0.15) is 0 Å². The normalized spacial score (nSPS) is 14.7. The second-order valence-electron chi connectivity index (χ2n) is 15.6. The molecule has 11 heteroatoms. The van der Waals surface area contributed by atoms with Crippen molar-refractivity contribution in [3.05, 3.63) is 48.6 Å². The van der Waals surface area contributed by atoms with E-state index in [1.54, 1.807) is 12.2 Å². The first-order valence-electron chi connectivity index (χ1n) is 21.5. The number of nitrogens with zero attached hydrogens (tertiary/aromatic N) is 1. The molecule has 0 heterocycles. The van der Waals surface area contributed by atoms with Crippen molar-refractivity contribution in [2.45, 2.75) is 174 Å². The van der Waals surface area contributed by atoms with Gasteiger partial charge >= 0.3 is 19.8 Å². The Balaban J connectivity index is 4.57. The number of hydrogen-bond donors (Lipinski definition) is 2. The highest BCUT2D eigenvalue weighted by Crippen LogP contribution is 2.43. The molecule has 0 aromatic carbocycles. The van der Waals surface area contributed by atoms with Crippen LogP contribution in [0.5, 0.6) is 0 Å². The zero-order valence-corrected chi connectivity index (χ0v) is 36.4. The van der Waals surface area contributed by atoms with Crippen LogP contribution in [0, 0.1) is 0 Å². The van der Waals surface area contributed by atoms with E-state index < -0.39 is 38.6 Å². The summed E-state index contributed by atoms with van der Waals surface area (Å²) in [6.07, 6.45) is 37.6. The lowest BCUT2D eigenvalue weighted by molar-refractivity contribution is -0.870. The first-order valence-corrected chi connectivity index (χ1v) is 23.0. The third-order valence-electron chi connectivity index (χ3n) is 8.94. The lowest BCUT2D eigenvalue weighted by Gasteiger charge is -2.24. The van der Waals surface area contributed by atoms with Gasteiger partial charge in [-0.3, -0.25) is 18.6 Å². The van der Waals surface area contributed by atoms with E-state index in [1.807, 2.05) is 39.4 Å². The van der Waals surface area contributed by atoms with Crippen LogP contribution >= 0.6 is 7.82 Å². The van der Waals surface area contributed by atoms with Crippen LogP contribution in [0.25, 0.3) is 0 Å². The van der Waals surface area contributed by atoms with Crippen molar-refractivity contribution in [2.24, 2.45) is 0 Å². The van der Waals surface area contributed by atoms with Crippen LogP contribution in [-0.2, 0) is 32.7 Å². The van der Waals surface area contributed by atoms with Crippen LogP contribution in [0.4, 0.5) is 0 Å². The van der Waals surface area contributed by atoms with Crippen LogP contribution in [-0.4, -0.2) is 86.1 Å². The van der Waals surface area contributed by atoms with E-state index in [0.29, 0.717) is 30.3 Å². The minimum atomic E-state index is -4.41. The molecule has 0 aliphatic heterocycles. The van der Waals surface area contributed by atoms with Crippen LogP contribution in [0.3, 0.4) is 0 Å². The summed E-state index contributed by atoms with van der Waals surface area (Å²) in [6.45, 7) is 4.21. The lowest BCUT2D eigenvalue weighted by Crippen LogP contribution is -2.37. The number of likely N-dealkylation sites (N-methyl/N-ethyl adjacent to an activating group) is 1. The van der Waals surface area contributed by atoms with Crippen molar-refractivity contribution in [1.29, 1.82) is 0 Å². The van der Waals surface area contributed by atoms with Crippen molar-refractivity contribution in [3.8, 4) is 0 Å².